The maximum Gasteiger partial charge on any atom is 0.416 e. The second kappa shape index (κ2) is 9.26. The number of aryl methyl sites for hydroxylation is 1. The van der Waals surface area contributed by atoms with Gasteiger partial charge in [0.25, 0.3) is 0 Å². The molecule has 2 aromatic rings. The molecule has 144 valence electrons. The Morgan fingerprint density at radius 2 is 1.85 bits per heavy atom. The van der Waals surface area contributed by atoms with E-state index in [1.54, 1.807) is 18.2 Å². The van der Waals surface area contributed by atoms with Crippen LogP contribution in [0.2, 0.25) is 10.0 Å². The van der Waals surface area contributed by atoms with E-state index in [9.17, 15) is 18.0 Å². The normalized spacial score (nSPS) is 11.8. The average molecular weight is 418 g/mol. The Bertz CT molecular complexity index is 851. The molecule has 0 fully saturated rings. The lowest BCUT2D eigenvalue weighted by atomic mass is 10.1. The van der Waals surface area contributed by atoms with Crippen LogP contribution in [0.25, 0.3) is 6.08 Å². The second-order valence-electron chi connectivity index (χ2n) is 5.69. The number of benzene rings is 2. The van der Waals surface area contributed by atoms with Gasteiger partial charge in [-0.1, -0.05) is 35.3 Å². The largest absolute Gasteiger partial charge is 0.416 e. The molecule has 3 nitrogen and oxygen atoms in total. The number of aliphatic hydroxyl groups is 1. The number of carbonyl (C=O) groups is 1. The third-order valence-electron chi connectivity index (χ3n) is 3.67. The molecular weight excluding hydrogens is 402 g/mol. The summed E-state index contributed by atoms with van der Waals surface area (Å²) < 4.78 is 37.9. The van der Waals surface area contributed by atoms with Crippen LogP contribution in [0.5, 0.6) is 0 Å². The van der Waals surface area contributed by atoms with Crippen molar-refractivity contribution in [2.24, 2.45) is 0 Å². The van der Waals surface area contributed by atoms with Crippen LogP contribution in [0.1, 0.15) is 23.1 Å². The van der Waals surface area contributed by atoms with Gasteiger partial charge < -0.3 is 10.4 Å². The number of rotatable bonds is 6. The number of aliphatic hydroxyl groups excluding tert-OH is 1. The lowest BCUT2D eigenvalue weighted by Gasteiger charge is -2.08. The molecule has 1 amide bonds. The van der Waals surface area contributed by atoms with Gasteiger partial charge in [-0.3, -0.25) is 4.79 Å². The van der Waals surface area contributed by atoms with Crippen LogP contribution < -0.4 is 5.32 Å². The molecule has 0 heterocycles. The highest BCUT2D eigenvalue weighted by atomic mass is 35.5. The Balaban J connectivity index is 2.04. The Labute approximate surface area is 164 Å². The lowest BCUT2D eigenvalue weighted by molar-refractivity contribution is -0.137. The number of nitrogens with one attached hydrogen (secondary N) is 1. The number of carbonyl (C=O) groups excluding carboxylic acids is 1. The minimum Gasteiger partial charge on any atom is -0.396 e. The van der Waals surface area contributed by atoms with Crippen LogP contribution in [0, 0.1) is 0 Å². The van der Waals surface area contributed by atoms with Crippen molar-refractivity contribution in [2.45, 2.75) is 19.0 Å². The van der Waals surface area contributed by atoms with Crippen LogP contribution in [0.4, 0.5) is 18.9 Å². The third-order valence-corrected chi connectivity index (χ3v) is 4.35. The van der Waals surface area contributed by atoms with Crippen molar-refractivity contribution in [3.63, 3.8) is 0 Å². The molecule has 0 radical (unpaired) electrons. The fourth-order valence-electron chi connectivity index (χ4n) is 2.29. The Hall–Kier alpha value is -2.02. The number of amides is 1. The van der Waals surface area contributed by atoms with Crippen LogP contribution in [-0.4, -0.2) is 17.6 Å². The van der Waals surface area contributed by atoms with Gasteiger partial charge in [0.1, 0.15) is 0 Å². The Kier molecular flexibility index (Phi) is 7.30. The number of halogens is 5. The molecule has 0 spiro atoms. The van der Waals surface area contributed by atoms with E-state index < -0.39 is 17.6 Å². The smallest absolute Gasteiger partial charge is 0.396 e. The Morgan fingerprint density at radius 1 is 1.11 bits per heavy atom. The van der Waals surface area contributed by atoms with Gasteiger partial charge in [0.15, 0.2) is 0 Å². The average Bonchev–Trinajstić information content (AvgIpc) is 2.59. The number of alkyl halides is 3. The molecule has 0 saturated carbocycles. The molecule has 0 aliphatic rings. The first kappa shape index (κ1) is 21.3. The van der Waals surface area contributed by atoms with Gasteiger partial charge in [0, 0.05) is 28.4 Å². The number of hydrogen-bond donors (Lipinski definition) is 2. The van der Waals surface area contributed by atoms with Gasteiger partial charge in [0.2, 0.25) is 5.91 Å². The molecule has 0 unspecified atom stereocenters. The first-order chi connectivity index (χ1) is 12.7. The maximum atomic E-state index is 12.6. The zero-order chi connectivity index (χ0) is 20.0. The van der Waals surface area contributed by atoms with Crippen LogP contribution in [0.3, 0.4) is 0 Å². The highest BCUT2D eigenvalue weighted by Crippen LogP contribution is 2.32. The standard InChI is InChI=1S/C19H16Cl2F3NO2/c20-16-10-14(19(22,23)24)6-3-13(16)5-8-18(27)25-15-7-4-12(2-1-9-26)17(21)11-15/h3-8,10-11,26H,1-2,9H2,(H,25,27). The van der Waals surface area contributed by atoms with Crippen LogP contribution in [0.15, 0.2) is 42.5 Å². The minimum atomic E-state index is -4.48. The fourth-order valence-corrected chi connectivity index (χ4v) is 2.80. The summed E-state index contributed by atoms with van der Waals surface area (Å²) in [5, 5.41) is 11.8. The molecule has 0 bridgehead atoms. The van der Waals surface area contributed by atoms with Crippen molar-refractivity contribution in [1.82, 2.24) is 0 Å². The molecule has 2 N–H and O–H groups in total. The van der Waals surface area contributed by atoms with Crippen molar-refractivity contribution in [1.29, 1.82) is 0 Å². The molecule has 27 heavy (non-hydrogen) atoms. The quantitative estimate of drug-likeness (QED) is 0.601. The van der Waals surface area contributed by atoms with Crippen molar-refractivity contribution in [3.05, 3.63) is 69.2 Å². The number of hydrogen-bond acceptors (Lipinski definition) is 2. The predicted octanol–water partition coefficient (Wildman–Crippen LogP) is 5.59. The van der Waals surface area contributed by atoms with Gasteiger partial charge in [-0.2, -0.15) is 13.2 Å². The van der Waals surface area contributed by atoms with Gasteiger partial charge in [-0.25, -0.2) is 0 Å². The molecular formula is C19H16Cl2F3NO2. The molecule has 8 heteroatoms. The minimum absolute atomic E-state index is 0.0616. The van der Waals surface area contributed by atoms with E-state index in [4.69, 9.17) is 28.3 Å². The second-order valence-corrected chi connectivity index (χ2v) is 6.50. The van der Waals surface area contributed by atoms with Gasteiger partial charge in [-0.05, 0) is 54.3 Å². The highest BCUT2D eigenvalue weighted by Gasteiger charge is 2.30. The maximum absolute atomic E-state index is 12.6. The predicted molar refractivity (Wildman–Crippen MR) is 101 cm³/mol. The van der Waals surface area contributed by atoms with E-state index in [0.29, 0.717) is 23.6 Å². The summed E-state index contributed by atoms with van der Waals surface area (Å²) in [5.41, 5.74) is 0.763. The van der Waals surface area contributed by atoms with E-state index in [1.165, 1.54) is 18.2 Å². The van der Waals surface area contributed by atoms with Crippen molar-refractivity contribution in [3.8, 4) is 0 Å². The summed E-state index contributed by atoms with van der Waals surface area (Å²) in [6.45, 7) is 0.0616. The summed E-state index contributed by atoms with van der Waals surface area (Å²) in [5.74, 6) is -0.481. The first-order valence-corrected chi connectivity index (χ1v) is 8.71. The highest BCUT2D eigenvalue weighted by molar-refractivity contribution is 6.32. The SMILES string of the molecule is O=C(C=Cc1ccc(C(F)(F)F)cc1Cl)Nc1ccc(CCCO)c(Cl)c1. The summed E-state index contributed by atoms with van der Waals surface area (Å²) in [6.07, 6.45) is -0.777. The van der Waals surface area contributed by atoms with Crippen molar-refractivity contribution < 1.29 is 23.1 Å². The molecule has 2 rings (SSSR count). The monoisotopic (exact) mass is 417 g/mol. The fraction of sp³-hybridized carbons (Fsp3) is 0.211. The zero-order valence-corrected chi connectivity index (χ0v) is 15.5. The molecule has 0 aromatic heterocycles. The zero-order valence-electron chi connectivity index (χ0n) is 14.0. The third kappa shape index (κ3) is 6.27. The topological polar surface area (TPSA) is 49.3 Å². The van der Waals surface area contributed by atoms with E-state index in [0.717, 1.165) is 17.7 Å². The van der Waals surface area contributed by atoms with Crippen LogP contribution in [-0.2, 0) is 17.4 Å². The van der Waals surface area contributed by atoms with Crippen molar-refractivity contribution in [2.75, 3.05) is 11.9 Å². The van der Waals surface area contributed by atoms with Crippen molar-refractivity contribution >= 4 is 40.9 Å². The van der Waals surface area contributed by atoms with E-state index in [2.05, 4.69) is 5.32 Å². The molecule has 0 saturated heterocycles. The van der Waals surface area contributed by atoms with E-state index in [1.807, 2.05) is 0 Å². The van der Waals surface area contributed by atoms with Gasteiger partial charge >= 0.3 is 6.18 Å². The molecule has 0 aliphatic heterocycles. The van der Waals surface area contributed by atoms with Crippen LogP contribution >= 0.6 is 23.2 Å². The number of anilines is 1. The summed E-state index contributed by atoms with van der Waals surface area (Å²) in [7, 11) is 0. The lowest BCUT2D eigenvalue weighted by Crippen LogP contribution is -2.08. The van der Waals surface area contributed by atoms with E-state index in [-0.39, 0.29) is 17.2 Å². The molecule has 0 aliphatic carbocycles. The summed E-state index contributed by atoms with van der Waals surface area (Å²) in [4.78, 5) is 12.0. The summed E-state index contributed by atoms with van der Waals surface area (Å²) in [6, 6.07) is 7.92. The Morgan fingerprint density at radius 3 is 2.44 bits per heavy atom. The van der Waals surface area contributed by atoms with Gasteiger partial charge in [0.05, 0.1) is 5.56 Å². The molecule has 0 atom stereocenters. The van der Waals surface area contributed by atoms with E-state index >= 15 is 0 Å². The van der Waals surface area contributed by atoms with Gasteiger partial charge in [-0.15, -0.1) is 0 Å². The molecule has 2 aromatic carbocycles. The summed E-state index contributed by atoms with van der Waals surface area (Å²) >= 11 is 12.0. The first-order valence-electron chi connectivity index (χ1n) is 7.96.